The first-order valence-electron chi connectivity index (χ1n) is 6.21. The molecule has 0 aromatic carbocycles. The zero-order valence-corrected chi connectivity index (χ0v) is 10.0. The molecule has 1 heteroatoms. The molecule has 0 spiro atoms. The number of fused-ring (bicyclic) bond motifs is 3. The molecule has 1 nitrogen and oxygen atoms in total. The van der Waals surface area contributed by atoms with E-state index in [-0.39, 0.29) is 0 Å². The highest BCUT2D eigenvalue weighted by atomic mass is 15.3. The van der Waals surface area contributed by atoms with E-state index in [9.17, 15) is 0 Å². The summed E-state index contributed by atoms with van der Waals surface area (Å²) in [5.74, 6) is 2.10. The Morgan fingerprint density at radius 2 is 2.00 bits per heavy atom. The predicted octanol–water partition coefficient (Wildman–Crippen LogP) is 2.91. The monoisotopic (exact) mass is 193 g/mol. The van der Waals surface area contributed by atoms with Crippen molar-refractivity contribution in [1.82, 2.24) is 4.90 Å². The smallest absolute Gasteiger partial charge is 0.0289 e. The van der Waals surface area contributed by atoms with E-state index >= 15 is 0 Å². The lowest BCUT2D eigenvalue weighted by Crippen LogP contribution is -2.55. The van der Waals surface area contributed by atoms with Crippen molar-refractivity contribution in [2.24, 2.45) is 17.3 Å². The van der Waals surface area contributed by atoms with E-state index in [0.717, 1.165) is 17.9 Å². The molecule has 1 saturated heterocycles. The zero-order chi connectivity index (χ0) is 10.1. The number of piperidine rings is 1. The highest BCUT2D eigenvalue weighted by Gasteiger charge is 2.68. The first-order valence-corrected chi connectivity index (χ1v) is 6.21. The lowest BCUT2D eigenvalue weighted by atomic mass is 9.67. The number of nitrogens with zero attached hydrogens (tertiary/aromatic N) is 1. The number of rotatable bonds is 0. The van der Waals surface area contributed by atoms with E-state index in [4.69, 9.17) is 0 Å². The molecule has 80 valence electrons. The molecule has 1 aliphatic heterocycles. The summed E-state index contributed by atoms with van der Waals surface area (Å²) in [7, 11) is 2.39. The molecule has 14 heavy (non-hydrogen) atoms. The summed E-state index contributed by atoms with van der Waals surface area (Å²) in [5, 5.41) is 0. The Bertz CT molecular complexity index is 265. The van der Waals surface area contributed by atoms with Crippen LogP contribution in [0, 0.1) is 17.3 Å². The topological polar surface area (TPSA) is 3.24 Å². The molecule has 0 bridgehead atoms. The standard InChI is InChI=1S/C13H23N/c1-12(2,3)13-7-5-6-10(13)9-8-11(9)14(13)4/h9-11H,5-8H2,1-4H3. The second kappa shape index (κ2) is 2.37. The fourth-order valence-corrected chi connectivity index (χ4v) is 4.86. The zero-order valence-electron chi connectivity index (χ0n) is 10.0. The van der Waals surface area contributed by atoms with Crippen LogP contribution in [0.5, 0.6) is 0 Å². The van der Waals surface area contributed by atoms with Gasteiger partial charge in [-0.25, -0.2) is 0 Å². The van der Waals surface area contributed by atoms with Gasteiger partial charge in [0.05, 0.1) is 0 Å². The van der Waals surface area contributed by atoms with Gasteiger partial charge in [-0.3, -0.25) is 4.90 Å². The van der Waals surface area contributed by atoms with Crippen LogP contribution < -0.4 is 0 Å². The Labute approximate surface area is 87.9 Å². The Kier molecular flexibility index (Phi) is 1.56. The molecular weight excluding hydrogens is 170 g/mol. The maximum absolute atomic E-state index is 2.76. The van der Waals surface area contributed by atoms with Crippen LogP contribution in [-0.4, -0.2) is 23.5 Å². The van der Waals surface area contributed by atoms with Gasteiger partial charge >= 0.3 is 0 Å². The second-order valence-electron chi connectivity index (χ2n) is 6.75. The van der Waals surface area contributed by atoms with Crippen LogP contribution in [0.15, 0.2) is 0 Å². The largest absolute Gasteiger partial charge is 0.297 e. The first kappa shape index (κ1) is 9.21. The van der Waals surface area contributed by atoms with Crippen molar-refractivity contribution in [2.45, 2.75) is 58.0 Å². The van der Waals surface area contributed by atoms with Gasteiger partial charge in [-0.05, 0) is 43.6 Å². The van der Waals surface area contributed by atoms with Crippen molar-refractivity contribution in [3.63, 3.8) is 0 Å². The molecule has 3 rings (SSSR count). The minimum absolute atomic E-state index is 0.469. The van der Waals surface area contributed by atoms with Crippen LogP contribution in [-0.2, 0) is 0 Å². The highest BCUT2D eigenvalue weighted by molar-refractivity contribution is 5.22. The van der Waals surface area contributed by atoms with Gasteiger partial charge in [0, 0.05) is 11.6 Å². The summed E-state index contributed by atoms with van der Waals surface area (Å²) in [6.07, 6.45) is 5.92. The molecule has 2 saturated carbocycles. The average Bonchev–Trinajstić information content (AvgIpc) is 2.64. The molecule has 2 aliphatic carbocycles. The van der Waals surface area contributed by atoms with Crippen LogP contribution in [0.25, 0.3) is 0 Å². The Balaban J connectivity index is 2.03. The molecule has 3 fully saturated rings. The number of hydrogen-bond acceptors (Lipinski definition) is 1. The highest BCUT2D eigenvalue weighted by Crippen LogP contribution is 2.66. The third-order valence-corrected chi connectivity index (χ3v) is 5.43. The molecule has 0 aromatic rings. The molecule has 0 amide bonds. The van der Waals surface area contributed by atoms with E-state index in [1.165, 1.54) is 25.7 Å². The van der Waals surface area contributed by atoms with Crippen LogP contribution in [0.3, 0.4) is 0 Å². The Morgan fingerprint density at radius 1 is 1.29 bits per heavy atom. The summed E-state index contributed by atoms with van der Waals surface area (Å²) in [6, 6.07) is 0.958. The summed E-state index contributed by atoms with van der Waals surface area (Å²) < 4.78 is 0. The van der Waals surface area contributed by atoms with Crippen LogP contribution in [0.1, 0.15) is 46.5 Å². The Morgan fingerprint density at radius 3 is 2.57 bits per heavy atom. The van der Waals surface area contributed by atoms with Crippen molar-refractivity contribution in [3.8, 4) is 0 Å². The van der Waals surface area contributed by atoms with E-state index in [2.05, 4.69) is 32.7 Å². The predicted molar refractivity (Wildman–Crippen MR) is 59.2 cm³/mol. The quantitative estimate of drug-likeness (QED) is 0.572. The van der Waals surface area contributed by atoms with Crippen LogP contribution >= 0.6 is 0 Å². The third-order valence-electron chi connectivity index (χ3n) is 5.43. The van der Waals surface area contributed by atoms with Gasteiger partial charge in [-0.2, -0.15) is 0 Å². The summed E-state index contributed by atoms with van der Waals surface area (Å²) in [6.45, 7) is 7.35. The molecule has 3 aliphatic rings. The van der Waals surface area contributed by atoms with E-state index < -0.39 is 0 Å². The van der Waals surface area contributed by atoms with Crippen LogP contribution in [0.2, 0.25) is 0 Å². The van der Waals surface area contributed by atoms with Gasteiger partial charge in [0.15, 0.2) is 0 Å². The summed E-state index contributed by atoms with van der Waals surface area (Å²) in [5.41, 5.74) is 1.02. The lowest BCUT2D eigenvalue weighted by Gasteiger charge is -2.49. The van der Waals surface area contributed by atoms with E-state index in [1.54, 1.807) is 0 Å². The normalized spacial score (nSPS) is 51.9. The van der Waals surface area contributed by atoms with E-state index in [1.807, 2.05) is 0 Å². The number of likely N-dealkylation sites (tertiary alicyclic amines) is 1. The van der Waals surface area contributed by atoms with Crippen molar-refractivity contribution >= 4 is 0 Å². The van der Waals surface area contributed by atoms with Crippen molar-refractivity contribution in [2.75, 3.05) is 7.05 Å². The van der Waals surface area contributed by atoms with Crippen molar-refractivity contribution in [1.29, 1.82) is 0 Å². The van der Waals surface area contributed by atoms with Gasteiger partial charge in [0.1, 0.15) is 0 Å². The molecule has 0 aromatic heterocycles. The number of hydrogen-bond donors (Lipinski definition) is 0. The summed E-state index contributed by atoms with van der Waals surface area (Å²) in [4.78, 5) is 2.76. The average molecular weight is 193 g/mol. The molecule has 4 atom stereocenters. The minimum Gasteiger partial charge on any atom is -0.297 e. The molecule has 4 unspecified atom stereocenters. The summed E-state index contributed by atoms with van der Waals surface area (Å²) >= 11 is 0. The van der Waals surface area contributed by atoms with E-state index in [0.29, 0.717) is 11.0 Å². The third kappa shape index (κ3) is 0.816. The maximum atomic E-state index is 2.76. The second-order valence-corrected chi connectivity index (χ2v) is 6.75. The minimum atomic E-state index is 0.469. The van der Waals surface area contributed by atoms with Gasteiger partial charge < -0.3 is 0 Å². The van der Waals surface area contributed by atoms with Gasteiger partial charge in [0.2, 0.25) is 0 Å². The fraction of sp³-hybridized carbons (Fsp3) is 1.00. The van der Waals surface area contributed by atoms with Gasteiger partial charge in [-0.15, -0.1) is 0 Å². The van der Waals surface area contributed by atoms with Crippen molar-refractivity contribution < 1.29 is 0 Å². The fourth-order valence-electron chi connectivity index (χ4n) is 4.86. The maximum Gasteiger partial charge on any atom is 0.0289 e. The van der Waals surface area contributed by atoms with Gasteiger partial charge in [0.25, 0.3) is 0 Å². The molecule has 0 radical (unpaired) electrons. The molecule has 0 N–H and O–H groups in total. The Hall–Kier alpha value is -0.0400. The van der Waals surface area contributed by atoms with Gasteiger partial charge in [-0.1, -0.05) is 27.2 Å². The molecule has 1 heterocycles. The van der Waals surface area contributed by atoms with Crippen molar-refractivity contribution in [3.05, 3.63) is 0 Å². The lowest BCUT2D eigenvalue weighted by molar-refractivity contribution is 0.00452. The first-order chi connectivity index (χ1) is 6.48. The van der Waals surface area contributed by atoms with Crippen LogP contribution in [0.4, 0.5) is 0 Å². The molecular formula is C13H23N. The SMILES string of the molecule is CN1C2CC2C2CCCC21C(C)(C)C.